The van der Waals surface area contributed by atoms with E-state index in [0.717, 1.165) is 11.9 Å². The molecule has 3 aromatic heterocycles. The third-order valence-electron chi connectivity index (χ3n) is 3.35. The Labute approximate surface area is 148 Å². The lowest BCUT2D eigenvalue weighted by Gasteiger charge is -2.08. The number of rotatable bonds is 7. The number of hydrogen-bond donors (Lipinski definition) is 3. The molecule has 0 radical (unpaired) electrons. The second-order valence-electron chi connectivity index (χ2n) is 5.20. The molecule has 0 saturated carbocycles. The lowest BCUT2D eigenvalue weighted by atomic mass is 10.2. The summed E-state index contributed by atoms with van der Waals surface area (Å²) in [5, 5.41) is 16.8. The van der Waals surface area contributed by atoms with Crippen LogP contribution in [0.15, 0.2) is 55.1 Å². The highest BCUT2D eigenvalue weighted by Crippen LogP contribution is 2.13. The van der Waals surface area contributed by atoms with Crippen LogP contribution in [0.5, 0.6) is 0 Å². The molecule has 3 N–H and O–H groups in total. The topological polar surface area (TPSA) is 105 Å². The Morgan fingerprint density at radius 2 is 1.65 bits per heavy atom. The van der Waals surface area contributed by atoms with Gasteiger partial charge in [-0.2, -0.15) is 0 Å². The van der Waals surface area contributed by atoms with Gasteiger partial charge >= 0.3 is 0 Å². The number of anilines is 3. The van der Waals surface area contributed by atoms with Crippen molar-refractivity contribution in [3.63, 3.8) is 0 Å². The van der Waals surface area contributed by atoms with Gasteiger partial charge < -0.3 is 16.0 Å². The van der Waals surface area contributed by atoms with E-state index in [1.54, 1.807) is 24.5 Å². The number of nitrogens with one attached hydrogen (secondary N) is 3. The lowest BCUT2D eigenvalue weighted by Crippen LogP contribution is -2.29. The molecule has 0 spiro atoms. The van der Waals surface area contributed by atoms with E-state index < -0.39 is 11.7 Å². The maximum atomic E-state index is 13.4. The monoisotopic (exact) mass is 353 g/mol. The number of hydrogen-bond acceptors (Lipinski definition) is 7. The van der Waals surface area contributed by atoms with Crippen molar-refractivity contribution in [1.29, 1.82) is 0 Å². The van der Waals surface area contributed by atoms with E-state index in [-0.39, 0.29) is 5.56 Å². The van der Waals surface area contributed by atoms with Gasteiger partial charge in [0.2, 0.25) is 0 Å². The number of carbonyl (C=O) groups is 1. The second kappa shape index (κ2) is 8.47. The second-order valence-corrected chi connectivity index (χ2v) is 5.20. The van der Waals surface area contributed by atoms with Crippen molar-refractivity contribution in [2.45, 2.75) is 0 Å². The van der Waals surface area contributed by atoms with Crippen LogP contribution in [0.25, 0.3) is 0 Å². The van der Waals surface area contributed by atoms with Gasteiger partial charge in [0.05, 0.1) is 11.8 Å². The van der Waals surface area contributed by atoms with Crippen LogP contribution in [-0.2, 0) is 0 Å². The SMILES string of the molecule is O=C(NCCNc1ccc(Nc2ccncc2)nn1)c1ccncc1F. The Hall–Kier alpha value is -3.62. The first-order chi connectivity index (χ1) is 12.7. The van der Waals surface area contributed by atoms with Gasteiger partial charge in [-0.15, -0.1) is 10.2 Å². The highest BCUT2D eigenvalue weighted by Gasteiger charge is 2.10. The largest absolute Gasteiger partial charge is 0.367 e. The van der Waals surface area contributed by atoms with Gasteiger partial charge in [-0.05, 0) is 30.3 Å². The van der Waals surface area contributed by atoms with Crippen LogP contribution >= 0.6 is 0 Å². The van der Waals surface area contributed by atoms with Gasteiger partial charge in [0.15, 0.2) is 11.6 Å². The molecular weight excluding hydrogens is 337 g/mol. The van der Waals surface area contributed by atoms with Crippen LogP contribution in [-0.4, -0.2) is 39.2 Å². The molecule has 0 saturated heterocycles. The molecule has 9 heteroatoms. The van der Waals surface area contributed by atoms with E-state index >= 15 is 0 Å². The highest BCUT2D eigenvalue weighted by molar-refractivity contribution is 5.94. The Bertz CT molecular complexity index is 859. The molecule has 0 aliphatic heterocycles. The highest BCUT2D eigenvalue weighted by atomic mass is 19.1. The molecule has 0 fully saturated rings. The number of amides is 1. The molecule has 0 aromatic carbocycles. The van der Waals surface area contributed by atoms with Gasteiger partial charge in [0.25, 0.3) is 5.91 Å². The van der Waals surface area contributed by atoms with Crippen molar-refractivity contribution < 1.29 is 9.18 Å². The molecule has 0 aliphatic carbocycles. The first kappa shape index (κ1) is 17.2. The van der Waals surface area contributed by atoms with Gasteiger partial charge in [-0.1, -0.05) is 0 Å². The summed E-state index contributed by atoms with van der Waals surface area (Å²) < 4.78 is 13.4. The summed E-state index contributed by atoms with van der Waals surface area (Å²) in [6, 6.07) is 8.52. The zero-order valence-electron chi connectivity index (χ0n) is 13.7. The molecule has 132 valence electrons. The van der Waals surface area contributed by atoms with Crippen molar-refractivity contribution in [1.82, 2.24) is 25.5 Å². The minimum Gasteiger partial charge on any atom is -0.367 e. The fourth-order valence-electron chi connectivity index (χ4n) is 2.10. The van der Waals surface area contributed by atoms with Gasteiger partial charge in [-0.3, -0.25) is 14.8 Å². The summed E-state index contributed by atoms with van der Waals surface area (Å²) in [7, 11) is 0. The van der Waals surface area contributed by atoms with Crippen molar-refractivity contribution in [2.24, 2.45) is 0 Å². The molecule has 8 nitrogen and oxygen atoms in total. The quantitative estimate of drug-likeness (QED) is 0.558. The maximum absolute atomic E-state index is 13.4. The molecule has 26 heavy (non-hydrogen) atoms. The van der Waals surface area contributed by atoms with Crippen LogP contribution in [0.1, 0.15) is 10.4 Å². The summed E-state index contributed by atoms with van der Waals surface area (Å²) >= 11 is 0. The Kier molecular flexibility index (Phi) is 5.61. The van der Waals surface area contributed by atoms with Gasteiger partial charge in [0, 0.05) is 37.4 Å². The van der Waals surface area contributed by atoms with E-state index in [1.807, 2.05) is 12.1 Å². The molecule has 0 aliphatic rings. The van der Waals surface area contributed by atoms with Gasteiger partial charge in [-0.25, -0.2) is 4.39 Å². The summed E-state index contributed by atoms with van der Waals surface area (Å²) in [4.78, 5) is 19.4. The fourth-order valence-corrected chi connectivity index (χ4v) is 2.10. The fraction of sp³-hybridized carbons (Fsp3) is 0.118. The summed E-state index contributed by atoms with van der Waals surface area (Å²) in [6.07, 6.45) is 5.73. The Morgan fingerprint density at radius 1 is 0.923 bits per heavy atom. The van der Waals surface area contributed by atoms with Crippen LogP contribution in [0, 0.1) is 5.82 Å². The minimum absolute atomic E-state index is 0.0358. The standard InChI is InChI=1S/C17H16FN7O/c18-14-11-20-8-5-13(14)17(26)22-10-9-21-15-1-2-16(25-24-15)23-12-3-6-19-7-4-12/h1-8,11H,9-10H2,(H,21,24)(H,22,26)(H,19,23,25). The number of carbonyl (C=O) groups excluding carboxylic acids is 1. The number of nitrogens with zero attached hydrogens (tertiary/aromatic N) is 4. The predicted molar refractivity (Wildman–Crippen MR) is 94.6 cm³/mol. The summed E-state index contributed by atoms with van der Waals surface area (Å²) in [5.74, 6) is 0.0219. The van der Waals surface area contributed by atoms with E-state index in [0.29, 0.717) is 24.7 Å². The first-order valence-corrected chi connectivity index (χ1v) is 7.85. The normalized spacial score (nSPS) is 10.2. The predicted octanol–water partition coefficient (Wildman–Crippen LogP) is 1.99. The Balaban J connectivity index is 1.44. The molecular formula is C17H16FN7O. The molecule has 3 aromatic rings. The summed E-state index contributed by atoms with van der Waals surface area (Å²) in [6.45, 7) is 0.726. The van der Waals surface area contributed by atoms with Crippen molar-refractivity contribution in [2.75, 3.05) is 23.7 Å². The van der Waals surface area contributed by atoms with Crippen molar-refractivity contribution in [3.8, 4) is 0 Å². The third-order valence-corrected chi connectivity index (χ3v) is 3.35. The molecule has 0 atom stereocenters. The zero-order valence-corrected chi connectivity index (χ0v) is 13.7. The zero-order chi connectivity index (χ0) is 18.2. The van der Waals surface area contributed by atoms with E-state index in [9.17, 15) is 9.18 Å². The lowest BCUT2D eigenvalue weighted by molar-refractivity contribution is 0.0951. The number of halogens is 1. The maximum Gasteiger partial charge on any atom is 0.254 e. The van der Waals surface area contributed by atoms with E-state index in [4.69, 9.17) is 0 Å². The number of pyridine rings is 2. The average molecular weight is 353 g/mol. The molecule has 0 bridgehead atoms. The smallest absolute Gasteiger partial charge is 0.254 e. The molecule has 3 rings (SSSR count). The van der Waals surface area contributed by atoms with E-state index in [2.05, 4.69) is 36.1 Å². The van der Waals surface area contributed by atoms with Crippen molar-refractivity contribution in [3.05, 3.63) is 66.5 Å². The third kappa shape index (κ3) is 4.69. The molecule has 0 unspecified atom stereocenters. The van der Waals surface area contributed by atoms with Crippen LogP contribution in [0.4, 0.5) is 21.7 Å². The van der Waals surface area contributed by atoms with Crippen LogP contribution in [0.3, 0.4) is 0 Å². The van der Waals surface area contributed by atoms with E-state index in [1.165, 1.54) is 12.3 Å². The van der Waals surface area contributed by atoms with Crippen molar-refractivity contribution >= 4 is 23.2 Å². The Morgan fingerprint density at radius 3 is 2.38 bits per heavy atom. The molecule has 1 amide bonds. The van der Waals surface area contributed by atoms with Crippen LogP contribution < -0.4 is 16.0 Å². The summed E-state index contributed by atoms with van der Waals surface area (Å²) in [5.41, 5.74) is 0.826. The average Bonchev–Trinajstić information content (AvgIpc) is 2.67. The first-order valence-electron chi connectivity index (χ1n) is 7.85. The van der Waals surface area contributed by atoms with Crippen LogP contribution in [0.2, 0.25) is 0 Å². The molecule has 3 heterocycles. The number of aromatic nitrogens is 4. The minimum atomic E-state index is -0.652. The van der Waals surface area contributed by atoms with Gasteiger partial charge in [0.1, 0.15) is 5.82 Å².